The molecule has 1 amide bonds. The molecule has 2 aromatic heterocycles. The van der Waals surface area contributed by atoms with Crippen LogP contribution < -0.4 is 5.32 Å². The first-order chi connectivity index (χ1) is 12.4. The maximum atomic E-state index is 13.7. The van der Waals surface area contributed by atoms with E-state index in [1.54, 1.807) is 0 Å². The third-order valence-electron chi connectivity index (χ3n) is 3.65. The van der Waals surface area contributed by atoms with E-state index < -0.39 is 41.3 Å². The van der Waals surface area contributed by atoms with E-state index in [0.717, 1.165) is 4.68 Å². The molecule has 0 aliphatic carbocycles. The fourth-order valence-electron chi connectivity index (χ4n) is 2.40. The Labute approximate surface area is 145 Å². The Kier molecular flexibility index (Phi) is 4.74. The SMILES string of the molecule is CCn1nccc1C(=O)Nc1ccn(Cc2c(F)c(F)cc(F)c2F)n1. The van der Waals surface area contributed by atoms with Crippen molar-refractivity contribution in [3.63, 3.8) is 0 Å². The average Bonchev–Trinajstić information content (AvgIpc) is 3.26. The number of carbonyl (C=O) groups is 1. The highest BCUT2D eigenvalue weighted by Gasteiger charge is 2.20. The van der Waals surface area contributed by atoms with Crippen LogP contribution in [0.25, 0.3) is 0 Å². The topological polar surface area (TPSA) is 64.7 Å². The molecule has 6 nitrogen and oxygen atoms in total. The Morgan fingerprint density at radius 1 is 1.15 bits per heavy atom. The van der Waals surface area contributed by atoms with E-state index in [0.29, 0.717) is 12.2 Å². The Hall–Kier alpha value is -3.17. The Balaban J connectivity index is 1.78. The quantitative estimate of drug-likeness (QED) is 0.557. The van der Waals surface area contributed by atoms with E-state index in [1.165, 1.54) is 29.2 Å². The number of aryl methyl sites for hydroxylation is 1. The molecule has 0 aliphatic heterocycles. The number of anilines is 1. The van der Waals surface area contributed by atoms with Crippen LogP contribution in [0.15, 0.2) is 30.6 Å². The Morgan fingerprint density at radius 3 is 2.50 bits per heavy atom. The van der Waals surface area contributed by atoms with Crippen molar-refractivity contribution in [2.45, 2.75) is 20.0 Å². The minimum absolute atomic E-state index is 0.108. The molecule has 1 N–H and O–H groups in total. The van der Waals surface area contributed by atoms with Crippen molar-refractivity contribution in [2.24, 2.45) is 0 Å². The molecule has 26 heavy (non-hydrogen) atoms. The van der Waals surface area contributed by atoms with Gasteiger partial charge in [0.15, 0.2) is 29.1 Å². The maximum Gasteiger partial charge on any atom is 0.275 e. The van der Waals surface area contributed by atoms with Gasteiger partial charge in [-0.25, -0.2) is 17.6 Å². The molecule has 0 aliphatic rings. The smallest absolute Gasteiger partial charge is 0.275 e. The van der Waals surface area contributed by atoms with Crippen molar-refractivity contribution in [1.82, 2.24) is 19.6 Å². The lowest BCUT2D eigenvalue weighted by Crippen LogP contribution is -2.18. The lowest BCUT2D eigenvalue weighted by atomic mass is 10.2. The summed E-state index contributed by atoms with van der Waals surface area (Å²) in [6.45, 7) is 1.77. The first-order valence-corrected chi connectivity index (χ1v) is 7.59. The summed E-state index contributed by atoms with van der Waals surface area (Å²) >= 11 is 0. The minimum atomic E-state index is -1.49. The second kappa shape index (κ2) is 6.98. The van der Waals surface area contributed by atoms with Crippen LogP contribution in [-0.4, -0.2) is 25.5 Å². The highest BCUT2D eigenvalue weighted by atomic mass is 19.2. The van der Waals surface area contributed by atoms with Gasteiger partial charge >= 0.3 is 0 Å². The molecular formula is C16H13F4N5O. The zero-order chi connectivity index (χ0) is 18.8. The molecule has 0 bridgehead atoms. The number of nitrogens with one attached hydrogen (secondary N) is 1. The predicted molar refractivity (Wildman–Crippen MR) is 83.5 cm³/mol. The molecule has 3 rings (SSSR count). The van der Waals surface area contributed by atoms with Crippen LogP contribution in [0.5, 0.6) is 0 Å². The van der Waals surface area contributed by atoms with Crippen LogP contribution in [0.4, 0.5) is 23.4 Å². The van der Waals surface area contributed by atoms with Gasteiger partial charge in [-0.3, -0.25) is 14.2 Å². The van der Waals surface area contributed by atoms with Crippen LogP contribution in [0.1, 0.15) is 23.0 Å². The fourth-order valence-corrected chi connectivity index (χ4v) is 2.40. The van der Waals surface area contributed by atoms with Gasteiger partial charge in [0.25, 0.3) is 5.91 Å². The summed E-state index contributed by atoms with van der Waals surface area (Å²) in [6, 6.07) is 3.05. The van der Waals surface area contributed by atoms with Crippen LogP contribution in [0, 0.1) is 23.3 Å². The third kappa shape index (κ3) is 3.30. The van der Waals surface area contributed by atoms with Gasteiger partial charge in [-0.1, -0.05) is 0 Å². The first kappa shape index (κ1) is 17.6. The van der Waals surface area contributed by atoms with Gasteiger partial charge < -0.3 is 5.32 Å². The summed E-state index contributed by atoms with van der Waals surface area (Å²) in [7, 11) is 0. The number of amides is 1. The van der Waals surface area contributed by atoms with E-state index in [-0.39, 0.29) is 11.9 Å². The normalized spacial score (nSPS) is 11.0. The average molecular weight is 367 g/mol. The largest absolute Gasteiger partial charge is 0.304 e. The first-order valence-electron chi connectivity index (χ1n) is 7.59. The van der Waals surface area contributed by atoms with Crippen LogP contribution in [0.3, 0.4) is 0 Å². The Bertz CT molecular complexity index is 939. The van der Waals surface area contributed by atoms with Gasteiger partial charge in [0, 0.05) is 31.1 Å². The van der Waals surface area contributed by atoms with Crippen LogP contribution >= 0.6 is 0 Å². The summed E-state index contributed by atoms with van der Waals surface area (Å²) in [5.74, 6) is -6.33. The molecule has 0 saturated carbocycles. The molecule has 0 saturated heterocycles. The number of carbonyl (C=O) groups excluding carboxylic acids is 1. The van der Waals surface area contributed by atoms with Gasteiger partial charge in [0.2, 0.25) is 0 Å². The molecule has 0 radical (unpaired) electrons. The number of benzene rings is 1. The van der Waals surface area contributed by atoms with Crippen molar-refractivity contribution in [2.75, 3.05) is 5.32 Å². The number of halogens is 4. The number of hydrogen-bond donors (Lipinski definition) is 1. The lowest BCUT2D eigenvalue weighted by molar-refractivity contribution is 0.101. The van der Waals surface area contributed by atoms with Gasteiger partial charge in [-0.15, -0.1) is 0 Å². The van der Waals surface area contributed by atoms with Crippen molar-refractivity contribution in [1.29, 1.82) is 0 Å². The van der Waals surface area contributed by atoms with Crippen LogP contribution in [-0.2, 0) is 13.1 Å². The van der Waals surface area contributed by atoms with Crippen molar-refractivity contribution in [3.05, 3.63) is 65.1 Å². The zero-order valence-electron chi connectivity index (χ0n) is 13.5. The molecule has 2 heterocycles. The highest BCUT2D eigenvalue weighted by molar-refractivity contribution is 6.02. The molecule has 3 aromatic rings. The summed E-state index contributed by atoms with van der Waals surface area (Å²) in [5, 5.41) is 10.4. The summed E-state index contributed by atoms with van der Waals surface area (Å²) < 4.78 is 56.5. The van der Waals surface area contributed by atoms with Crippen LogP contribution in [0.2, 0.25) is 0 Å². The summed E-state index contributed by atoms with van der Waals surface area (Å²) in [6.07, 6.45) is 2.79. The summed E-state index contributed by atoms with van der Waals surface area (Å²) in [5.41, 5.74) is -0.487. The van der Waals surface area contributed by atoms with E-state index in [1.807, 2.05) is 6.92 Å². The van der Waals surface area contributed by atoms with Gasteiger partial charge in [0.05, 0.1) is 12.1 Å². The second-order valence-electron chi connectivity index (χ2n) is 5.33. The van der Waals surface area contributed by atoms with Crippen molar-refractivity contribution < 1.29 is 22.4 Å². The zero-order valence-corrected chi connectivity index (χ0v) is 13.5. The molecule has 0 atom stereocenters. The number of hydrogen-bond acceptors (Lipinski definition) is 3. The predicted octanol–water partition coefficient (Wildman–Crippen LogP) is 2.96. The molecule has 0 unspecified atom stereocenters. The molecule has 136 valence electrons. The molecule has 0 spiro atoms. The monoisotopic (exact) mass is 367 g/mol. The van der Waals surface area contributed by atoms with Gasteiger partial charge in [0.1, 0.15) is 5.69 Å². The highest BCUT2D eigenvalue weighted by Crippen LogP contribution is 2.20. The maximum absolute atomic E-state index is 13.7. The molecular weight excluding hydrogens is 354 g/mol. The van der Waals surface area contributed by atoms with E-state index in [4.69, 9.17) is 0 Å². The van der Waals surface area contributed by atoms with E-state index in [9.17, 15) is 22.4 Å². The fraction of sp³-hybridized carbons (Fsp3) is 0.188. The summed E-state index contributed by atoms with van der Waals surface area (Å²) in [4.78, 5) is 12.2. The van der Waals surface area contributed by atoms with Crippen molar-refractivity contribution in [3.8, 4) is 0 Å². The van der Waals surface area contributed by atoms with E-state index in [2.05, 4.69) is 15.5 Å². The third-order valence-corrected chi connectivity index (χ3v) is 3.65. The lowest BCUT2D eigenvalue weighted by Gasteiger charge is -2.07. The van der Waals surface area contributed by atoms with E-state index >= 15 is 0 Å². The molecule has 0 fully saturated rings. The van der Waals surface area contributed by atoms with Gasteiger partial charge in [-0.2, -0.15) is 10.2 Å². The number of aromatic nitrogens is 4. The van der Waals surface area contributed by atoms with Gasteiger partial charge in [-0.05, 0) is 13.0 Å². The molecule has 10 heteroatoms. The Morgan fingerprint density at radius 2 is 1.85 bits per heavy atom. The standard InChI is InChI=1S/C16H13F4N5O/c1-2-25-12(3-5-21-25)16(26)22-13-4-6-24(23-13)8-9-14(19)10(17)7-11(18)15(9)20/h3-7H,2,8H2,1H3,(H,22,23,26). The molecule has 1 aromatic carbocycles. The second-order valence-corrected chi connectivity index (χ2v) is 5.33. The number of rotatable bonds is 5. The number of nitrogens with zero attached hydrogens (tertiary/aromatic N) is 4. The minimum Gasteiger partial charge on any atom is -0.304 e. The van der Waals surface area contributed by atoms with Crippen molar-refractivity contribution >= 4 is 11.7 Å².